The Hall–Kier alpha value is -2.73. The second-order valence-electron chi connectivity index (χ2n) is 4.86. The second-order valence-corrected chi connectivity index (χ2v) is 5.27. The molecule has 2 rings (SSSR count). The van der Waals surface area contributed by atoms with Crippen LogP contribution in [-0.4, -0.2) is 25.0 Å². The Morgan fingerprint density at radius 3 is 2.25 bits per heavy atom. The van der Waals surface area contributed by atoms with Gasteiger partial charge in [0.25, 0.3) is 11.8 Å². The van der Waals surface area contributed by atoms with Crippen molar-refractivity contribution in [3.8, 4) is 11.5 Å². The van der Waals surface area contributed by atoms with Crippen molar-refractivity contribution in [2.75, 3.05) is 7.11 Å². The largest absolute Gasteiger partial charge is 0.497 e. The van der Waals surface area contributed by atoms with Crippen molar-refractivity contribution in [2.24, 2.45) is 0 Å². The normalized spacial score (nSPS) is 11.3. The molecule has 0 heterocycles. The molecule has 0 aromatic heterocycles. The smallest absolute Gasteiger partial charge is 0.279 e. The van der Waals surface area contributed by atoms with Crippen LogP contribution in [0.25, 0.3) is 0 Å². The standard InChI is InChI=1S/C17H17ClN2O4/c1-11(24-13-9-7-12(23-2)8-10-13)16(21)19-20-17(22)14-5-3-4-6-15(14)18/h3-11H,1-2H3,(H,19,21)(H,20,22). The third-order valence-electron chi connectivity index (χ3n) is 3.16. The minimum atomic E-state index is -0.801. The molecule has 24 heavy (non-hydrogen) atoms. The van der Waals surface area contributed by atoms with Crippen LogP contribution in [0.2, 0.25) is 5.02 Å². The number of hydrogen-bond donors (Lipinski definition) is 2. The van der Waals surface area contributed by atoms with Gasteiger partial charge >= 0.3 is 0 Å². The van der Waals surface area contributed by atoms with E-state index in [0.717, 1.165) is 0 Å². The Labute approximate surface area is 144 Å². The van der Waals surface area contributed by atoms with E-state index in [-0.39, 0.29) is 5.56 Å². The van der Waals surface area contributed by atoms with Gasteiger partial charge in [-0.1, -0.05) is 23.7 Å². The molecule has 1 atom stereocenters. The van der Waals surface area contributed by atoms with Gasteiger partial charge in [0.15, 0.2) is 6.10 Å². The van der Waals surface area contributed by atoms with E-state index in [2.05, 4.69) is 10.9 Å². The third kappa shape index (κ3) is 4.63. The Morgan fingerprint density at radius 2 is 1.62 bits per heavy atom. The van der Waals surface area contributed by atoms with Gasteiger partial charge in [-0.3, -0.25) is 20.4 Å². The maximum absolute atomic E-state index is 12.0. The van der Waals surface area contributed by atoms with Crippen LogP contribution in [0.5, 0.6) is 11.5 Å². The first kappa shape index (κ1) is 17.6. The molecule has 126 valence electrons. The van der Waals surface area contributed by atoms with Crippen LogP contribution in [0.3, 0.4) is 0 Å². The predicted octanol–water partition coefficient (Wildman–Crippen LogP) is 2.58. The van der Waals surface area contributed by atoms with Crippen molar-refractivity contribution in [2.45, 2.75) is 13.0 Å². The summed E-state index contributed by atoms with van der Waals surface area (Å²) < 4.78 is 10.5. The van der Waals surface area contributed by atoms with E-state index in [1.165, 1.54) is 0 Å². The molecule has 0 bridgehead atoms. The molecule has 2 aromatic carbocycles. The summed E-state index contributed by atoms with van der Waals surface area (Å²) in [6.45, 7) is 1.57. The Kier molecular flexibility index (Phi) is 6.03. The SMILES string of the molecule is COc1ccc(OC(C)C(=O)NNC(=O)c2ccccc2Cl)cc1. The summed E-state index contributed by atoms with van der Waals surface area (Å²) in [5, 5.41) is 0.298. The number of hydrazine groups is 1. The Balaban J connectivity index is 1.87. The van der Waals surface area contributed by atoms with Crippen molar-refractivity contribution < 1.29 is 19.1 Å². The van der Waals surface area contributed by atoms with E-state index in [4.69, 9.17) is 21.1 Å². The zero-order valence-corrected chi connectivity index (χ0v) is 14.0. The first-order valence-corrected chi connectivity index (χ1v) is 7.54. The molecule has 2 amide bonds. The minimum absolute atomic E-state index is 0.267. The highest BCUT2D eigenvalue weighted by atomic mass is 35.5. The molecule has 6 nitrogen and oxygen atoms in total. The van der Waals surface area contributed by atoms with Crippen LogP contribution in [-0.2, 0) is 4.79 Å². The van der Waals surface area contributed by atoms with E-state index in [9.17, 15) is 9.59 Å². The summed E-state index contributed by atoms with van der Waals surface area (Å²) in [4.78, 5) is 23.9. The second kappa shape index (κ2) is 8.21. The summed E-state index contributed by atoms with van der Waals surface area (Å²) in [5.41, 5.74) is 4.87. The molecule has 0 fully saturated rings. The van der Waals surface area contributed by atoms with E-state index in [1.807, 2.05) is 0 Å². The van der Waals surface area contributed by atoms with Crippen LogP contribution in [0, 0.1) is 0 Å². The van der Waals surface area contributed by atoms with Gasteiger partial charge in [0, 0.05) is 0 Å². The first-order chi connectivity index (χ1) is 11.5. The zero-order valence-electron chi connectivity index (χ0n) is 13.2. The molecule has 1 unspecified atom stereocenters. The quantitative estimate of drug-likeness (QED) is 0.814. The fraction of sp³-hybridized carbons (Fsp3) is 0.176. The average Bonchev–Trinajstić information content (AvgIpc) is 2.60. The van der Waals surface area contributed by atoms with E-state index >= 15 is 0 Å². The van der Waals surface area contributed by atoms with Crippen LogP contribution < -0.4 is 20.3 Å². The van der Waals surface area contributed by atoms with Gasteiger partial charge in [-0.2, -0.15) is 0 Å². The van der Waals surface area contributed by atoms with Crippen molar-refractivity contribution in [3.63, 3.8) is 0 Å². The summed E-state index contributed by atoms with van der Waals surface area (Å²) in [5.74, 6) is 0.194. The highest BCUT2D eigenvalue weighted by Gasteiger charge is 2.16. The van der Waals surface area contributed by atoms with Gasteiger partial charge in [0.2, 0.25) is 0 Å². The fourth-order valence-electron chi connectivity index (χ4n) is 1.84. The van der Waals surface area contributed by atoms with E-state index < -0.39 is 17.9 Å². The van der Waals surface area contributed by atoms with Gasteiger partial charge in [0.1, 0.15) is 11.5 Å². The molecule has 0 saturated heterocycles. The zero-order chi connectivity index (χ0) is 17.5. The molecule has 7 heteroatoms. The van der Waals surface area contributed by atoms with Crippen molar-refractivity contribution in [1.29, 1.82) is 0 Å². The van der Waals surface area contributed by atoms with E-state index in [0.29, 0.717) is 16.5 Å². The molecule has 0 aliphatic rings. The number of methoxy groups -OCH3 is 1. The Morgan fingerprint density at radius 1 is 1.00 bits per heavy atom. The maximum atomic E-state index is 12.0. The molecule has 2 N–H and O–H groups in total. The number of nitrogens with one attached hydrogen (secondary N) is 2. The van der Waals surface area contributed by atoms with Crippen LogP contribution in [0.4, 0.5) is 0 Å². The summed E-state index contributed by atoms with van der Waals surface area (Å²) in [6.07, 6.45) is -0.801. The lowest BCUT2D eigenvalue weighted by Crippen LogP contribution is -2.47. The number of carbonyl (C=O) groups is 2. The van der Waals surface area contributed by atoms with Gasteiger partial charge in [-0.05, 0) is 43.3 Å². The highest BCUT2D eigenvalue weighted by Crippen LogP contribution is 2.18. The molecular weight excluding hydrogens is 332 g/mol. The number of halogens is 1. The van der Waals surface area contributed by atoms with Gasteiger partial charge in [0.05, 0.1) is 17.7 Å². The van der Waals surface area contributed by atoms with Crippen LogP contribution in [0.15, 0.2) is 48.5 Å². The van der Waals surface area contributed by atoms with Gasteiger partial charge in [-0.25, -0.2) is 0 Å². The maximum Gasteiger partial charge on any atom is 0.279 e. The van der Waals surface area contributed by atoms with Crippen molar-refractivity contribution in [1.82, 2.24) is 10.9 Å². The van der Waals surface area contributed by atoms with Gasteiger partial charge < -0.3 is 9.47 Å². The fourth-order valence-corrected chi connectivity index (χ4v) is 2.07. The molecular formula is C17H17ClN2O4. The number of benzene rings is 2. The van der Waals surface area contributed by atoms with Crippen molar-refractivity contribution in [3.05, 3.63) is 59.1 Å². The Bertz CT molecular complexity index is 719. The lowest BCUT2D eigenvalue weighted by Gasteiger charge is -2.15. The average molecular weight is 349 g/mol. The lowest BCUT2D eigenvalue weighted by atomic mass is 10.2. The number of hydrogen-bond acceptors (Lipinski definition) is 4. The summed E-state index contributed by atoms with van der Waals surface area (Å²) in [7, 11) is 1.56. The van der Waals surface area contributed by atoms with E-state index in [1.54, 1.807) is 62.6 Å². The monoisotopic (exact) mass is 348 g/mol. The summed E-state index contributed by atoms with van der Waals surface area (Å²) in [6, 6.07) is 13.4. The van der Waals surface area contributed by atoms with Crippen LogP contribution >= 0.6 is 11.6 Å². The highest BCUT2D eigenvalue weighted by molar-refractivity contribution is 6.33. The molecule has 0 aliphatic carbocycles. The topological polar surface area (TPSA) is 76.7 Å². The molecule has 0 saturated carbocycles. The number of amides is 2. The molecule has 2 aromatic rings. The van der Waals surface area contributed by atoms with Crippen LogP contribution in [0.1, 0.15) is 17.3 Å². The van der Waals surface area contributed by atoms with Crippen molar-refractivity contribution >= 4 is 23.4 Å². The third-order valence-corrected chi connectivity index (χ3v) is 3.49. The number of rotatable bonds is 5. The molecule has 0 radical (unpaired) electrons. The molecule has 0 spiro atoms. The first-order valence-electron chi connectivity index (χ1n) is 7.16. The minimum Gasteiger partial charge on any atom is -0.497 e. The lowest BCUT2D eigenvalue weighted by molar-refractivity contribution is -0.128. The van der Waals surface area contributed by atoms with Gasteiger partial charge in [-0.15, -0.1) is 0 Å². The summed E-state index contributed by atoms with van der Waals surface area (Å²) >= 11 is 5.92. The predicted molar refractivity (Wildman–Crippen MR) is 90.1 cm³/mol. The molecule has 0 aliphatic heterocycles. The number of ether oxygens (including phenoxy) is 2. The number of carbonyl (C=O) groups excluding carboxylic acids is 2.